The van der Waals surface area contributed by atoms with Crippen molar-refractivity contribution in [2.75, 3.05) is 6.61 Å². The maximum absolute atomic E-state index is 12.6. The highest BCUT2D eigenvalue weighted by atomic mass is 16.8. The smallest absolute Gasteiger partial charge is 0.229 e. The molecule has 15 heteroatoms. The fourth-order valence-corrected chi connectivity index (χ4v) is 4.87. The number of phenolic OH excluding ortho intramolecular Hbond substituents is 3. The van der Waals surface area contributed by atoms with Crippen LogP contribution in [-0.4, -0.2) is 114 Å². The number of aromatic hydroxyl groups is 3. The van der Waals surface area contributed by atoms with Crippen molar-refractivity contribution >= 4 is 11.0 Å². The Hall–Kier alpha value is -3.51. The van der Waals surface area contributed by atoms with Crippen LogP contribution in [0, 0.1) is 0 Å². The van der Waals surface area contributed by atoms with Crippen molar-refractivity contribution in [2.45, 2.75) is 68.3 Å². The third-order valence-electron chi connectivity index (χ3n) is 7.21. The molecule has 0 saturated carbocycles. The molecule has 0 amide bonds. The van der Waals surface area contributed by atoms with Gasteiger partial charge in [0.05, 0.1) is 12.7 Å². The fraction of sp³-hybridized carbons (Fsp3) is 0.444. The summed E-state index contributed by atoms with van der Waals surface area (Å²) in [6.07, 6.45) is -15.4. The van der Waals surface area contributed by atoms with Crippen LogP contribution in [0.4, 0.5) is 0 Å². The number of rotatable bonds is 6. The molecule has 3 heterocycles. The molecule has 2 fully saturated rings. The molecule has 2 saturated heterocycles. The van der Waals surface area contributed by atoms with Crippen LogP contribution in [0.5, 0.6) is 23.0 Å². The second-order valence-corrected chi connectivity index (χ2v) is 10.1. The van der Waals surface area contributed by atoms with Gasteiger partial charge in [-0.1, -0.05) is 0 Å². The van der Waals surface area contributed by atoms with E-state index in [0.29, 0.717) is 0 Å². The number of ether oxygens (including phenoxy) is 4. The lowest BCUT2D eigenvalue weighted by Gasteiger charge is -2.45. The molecular formula is C27H30O15. The van der Waals surface area contributed by atoms with E-state index in [4.69, 9.17) is 23.4 Å². The van der Waals surface area contributed by atoms with E-state index in [9.17, 15) is 50.8 Å². The van der Waals surface area contributed by atoms with E-state index in [1.54, 1.807) is 0 Å². The third-order valence-corrected chi connectivity index (χ3v) is 7.21. The Labute approximate surface area is 236 Å². The number of hydrogen-bond donors (Lipinski definition) is 9. The first-order chi connectivity index (χ1) is 19.9. The van der Waals surface area contributed by atoms with Gasteiger partial charge in [0.25, 0.3) is 0 Å². The maximum atomic E-state index is 12.6. The lowest BCUT2D eigenvalue weighted by Crippen LogP contribution is -2.64. The van der Waals surface area contributed by atoms with Crippen LogP contribution in [0.3, 0.4) is 0 Å². The van der Waals surface area contributed by atoms with Crippen molar-refractivity contribution in [1.82, 2.24) is 0 Å². The Balaban J connectivity index is 1.42. The molecule has 10 atom stereocenters. The summed E-state index contributed by atoms with van der Waals surface area (Å²) in [6, 6.07) is 7.03. The molecule has 15 nitrogen and oxygen atoms in total. The predicted molar refractivity (Wildman–Crippen MR) is 139 cm³/mol. The van der Waals surface area contributed by atoms with Gasteiger partial charge in [0, 0.05) is 23.8 Å². The molecule has 0 aliphatic carbocycles. The quantitative estimate of drug-likeness (QED) is 0.159. The topological polar surface area (TPSA) is 249 Å². The highest BCUT2D eigenvalue weighted by Crippen LogP contribution is 2.37. The second-order valence-electron chi connectivity index (χ2n) is 10.1. The average molecular weight is 595 g/mol. The third kappa shape index (κ3) is 5.49. The van der Waals surface area contributed by atoms with Gasteiger partial charge in [0.1, 0.15) is 64.9 Å². The van der Waals surface area contributed by atoms with E-state index < -0.39 is 84.9 Å². The summed E-state index contributed by atoms with van der Waals surface area (Å²) < 4.78 is 28.0. The van der Waals surface area contributed by atoms with Gasteiger partial charge in [-0.2, -0.15) is 0 Å². The molecule has 42 heavy (non-hydrogen) atoms. The second kappa shape index (κ2) is 11.6. The number of fused-ring (bicyclic) bond motifs is 1. The Morgan fingerprint density at radius 3 is 2.24 bits per heavy atom. The summed E-state index contributed by atoms with van der Waals surface area (Å²) in [7, 11) is 0. The largest absolute Gasteiger partial charge is 0.508 e. The van der Waals surface area contributed by atoms with Crippen molar-refractivity contribution in [1.29, 1.82) is 0 Å². The molecule has 0 spiro atoms. The van der Waals surface area contributed by atoms with Crippen LogP contribution in [-0.2, 0) is 14.2 Å². The monoisotopic (exact) mass is 594 g/mol. The first-order valence-corrected chi connectivity index (χ1v) is 12.9. The Morgan fingerprint density at radius 2 is 1.55 bits per heavy atom. The molecule has 9 N–H and O–H groups in total. The van der Waals surface area contributed by atoms with Gasteiger partial charge in [0.2, 0.25) is 6.29 Å². The number of aliphatic hydroxyl groups is 6. The molecule has 2 aliphatic heterocycles. The van der Waals surface area contributed by atoms with Crippen molar-refractivity contribution in [3.05, 3.63) is 46.6 Å². The van der Waals surface area contributed by atoms with E-state index in [1.165, 1.54) is 25.1 Å². The zero-order valence-electron chi connectivity index (χ0n) is 21.9. The molecule has 5 rings (SSSR count). The van der Waals surface area contributed by atoms with Crippen molar-refractivity contribution in [2.24, 2.45) is 0 Å². The maximum Gasteiger partial charge on any atom is 0.229 e. The molecule has 228 valence electrons. The Bertz CT molecular complexity index is 1490. The summed E-state index contributed by atoms with van der Waals surface area (Å²) in [5, 5.41) is 91.5. The van der Waals surface area contributed by atoms with E-state index in [-0.39, 0.29) is 33.8 Å². The van der Waals surface area contributed by atoms with Crippen LogP contribution in [0.1, 0.15) is 6.92 Å². The fourth-order valence-electron chi connectivity index (χ4n) is 4.87. The van der Waals surface area contributed by atoms with Crippen molar-refractivity contribution in [3.63, 3.8) is 0 Å². The van der Waals surface area contributed by atoms with Gasteiger partial charge in [-0.3, -0.25) is 4.79 Å². The molecule has 3 aromatic rings. The first kappa shape index (κ1) is 30.0. The van der Waals surface area contributed by atoms with Crippen molar-refractivity contribution < 1.29 is 69.3 Å². The zero-order valence-corrected chi connectivity index (χ0v) is 21.9. The minimum Gasteiger partial charge on any atom is -0.508 e. The minimum absolute atomic E-state index is 0.0216. The first-order valence-electron chi connectivity index (χ1n) is 12.9. The summed E-state index contributed by atoms with van der Waals surface area (Å²) in [5.41, 5.74) is -0.518. The highest BCUT2D eigenvalue weighted by molar-refractivity contribution is 5.86. The molecule has 0 radical (unpaired) electrons. The van der Waals surface area contributed by atoms with E-state index in [0.717, 1.165) is 18.2 Å². The SMILES string of the molecule is C[C@@H]1O[C@@H](O[C@@H]2[C@H](Oc3ccc(-c4cc(=O)c5c(O)cc(O)cc5o4)cc3O)O[C@H](CO)[C@@H](O)[C@H]2O)[C@@H](O)[C@H](O)[C@H]1O. The molecule has 0 bridgehead atoms. The van der Waals surface area contributed by atoms with Gasteiger partial charge in [-0.05, 0) is 25.1 Å². The van der Waals surface area contributed by atoms with E-state index >= 15 is 0 Å². The van der Waals surface area contributed by atoms with Crippen molar-refractivity contribution in [3.8, 4) is 34.3 Å². The standard InChI is InChI=1S/C27H30O15/c1-9-20(33)22(35)24(37)26(38-9)42-25-23(36)21(34)18(8-28)41-27(25)40-15-3-2-10(4-12(15)30)16-7-14(32)19-13(31)5-11(29)6-17(19)39-16/h2-7,9,18,20-31,33-37H,8H2,1H3/t9-,18+,20-,21+,22+,23+,24-,25-,26-,27+/m0/s1. The van der Waals surface area contributed by atoms with Crippen LogP contribution in [0.15, 0.2) is 45.6 Å². The number of aliphatic hydroxyl groups excluding tert-OH is 6. The summed E-state index contributed by atoms with van der Waals surface area (Å²) >= 11 is 0. The number of benzene rings is 2. The average Bonchev–Trinajstić information content (AvgIpc) is 2.94. The molecular weight excluding hydrogens is 564 g/mol. The summed E-state index contributed by atoms with van der Waals surface area (Å²) in [4.78, 5) is 12.6. The highest BCUT2D eigenvalue weighted by Gasteiger charge is 2.51. The molecule has 2 aromatic carbocycles. The van der Waals surface area contributed by atoms with E-state index in [1.807, 2.05) is 0 Å². The van der Waals surface area contributed by atoms with Crippen LogP contribution < -0.4 is 10.2 Å². The normalized spacial score (nSPS) is 33.5. The van der Waals surface area contributed by atoms with Gasteiger partial charge >= 0.3 is 0 Å². The van der Waals surface area contributed by atoms with Crippen LogP contribution >= 0.6 is 0 Å². The summed E-state index contributed by atoms with van der Waals surface area (Å²) in [6.45, 7) is 0.684. The lowest BCUT2D eigenvalue weighted by atomic mass is 9.97. The Kier molecular flexibility index (Phi) is 8.30. The number of hydrogen-bond acceptors (Lipinski definition) is 15. The minimum atomic E-state index is -1.77. The molecule has 0 unspecified atom stereocenters. The van der Waals surface area contributed by atoms with Gasteiger partial charge < -0.3 is 69.3 Å². The van der Waals surface area contributed by atoms with Gasteiger partial charge in [-0.15, -0.1) is 0 Å². The summed E-state index contributed by atoms with van der Waals surface area (Å²) in [5.74, 6) is -1.56. The lowest BCUT2D eigenvalue weighted by molar-refractivity contribution is -0.354. The van der Waals surface area contributed by atoms with Gasteiger partial charge in [0.15, 0.2) is 29.3 Å². The van der Waals surface area contributed by atoms with Gasteiger partial charge in [-0.25, -0.2) is 0 Å². The molecule has 2 aliphatic rings. The zero-order chi connectivity index (χ0) is 30.5. The molecule has 1 aromatic heterocycles. The van der Waals surface area contributed by atoms with E-state index in [2.05, 4.69) is 0 Å². The van der Waals surface area contributed by atoms with Crippen LogP contribution in [0.2, 0.25) is 0 Å². The number of phenols is 3. The predicted octanol–water partition coefficient (Wildman–Crippen LogP) is -1.39. The van der Waals surface area contributed by atoms with Crippen LogP contribution in [0.25, 0.3) is 22.3 Å². The Morgan fingerprint density at radius 1 is 0.810 bits per heavy atom.